The first-order valence-electron chi connectivity index (χ1n) is 8.60. The molecule has 0 bridgehead atoms. The van der Waals surface area contributed by atoms with E-state index in [1.54, 1.807) is 0 Å². The number of rotatable bonds is 6. The van der Waals surface area contributed by atoms with Crippen molar-refractivity contribution >= 4 is 11.0 Å². The highest BCUT2D eigenvalue weighted by Gasteiger charge is 2.05. The van der Waals surface area contributed by atoms with E-state index in [4.69, 9.17) is 0 Å². The fourth-order valence-corrected chi connectivity index (χ4v) is 2.25. The number of imidazole rings is 1. The predicted molar refractivity (Wildman–Crippen MR) is 96.1 cm³/mol. The Morgan fingerprint density at radius 3 is 2.24 bits per heavy atom. The minimum atomic E-state index is 0. The van der Waals surface area contributed by atoms with Crippen LogP contribution in [-0.4, -0.2) is 9.97 Å². The molecule has 0 atom stereocenters. The zero-order valence-electron chi connectivity index (χ0n) is 14.5. The average molecular weight is 290 g/mol. The minimum Gasteiger partial charge on any atom is -0.342 e. The molecule has 0 aliphatic rings. The summed E-state index contributed by atoms with van der Waals surface area (Å²) in [5, 5.41) is 0. The number of aromatic nitrogens is 2. The highest BCUT2D eigenvalue weighted by atomic mass is 14.9. The van der Waals surface area contributed by atoms with Gasteiger partial charge in [-0.05, 0) is 24.1 Å². The van der Waals surface area contributed by atoms with Gasteiger partial charge in [-0.15, -0.1) is 0 Å². The highest BCUT2D eigenvalue weighted by Crippen LogP contribution is 2.18. The maximum absolute atomic E-state index is 4.53. The summed E-state index contributed by atoms with van der Waals surface area (Å²) in [5.41, 5.74) is 3.59. The van der Waals surface area contributed by atoms with Crippen LogP contribution in [0.15, 0.2) is 18.2 Å². The summed E-state index contributed by atoms with van der Waals surface area (Å²) in [7, 11) is 0. The molecule has 0 radical (unpaired) electrons. The second-order valence-electron chi connectivity index (χ2n) is 6.04. The molecule has 0 fully saturated rings. The molecule has 1 aromatic carbocycles. The van der Waals surface area contributed by atoms with Crippen molar-refractivity contribution in [1.29, 1.82) is 0 Å². The van der Waals surface area contributed by atoms with E-state index in [1.165, 1.54) is 37.7 Å². The van der Waals surface area contributed by atoms with Crippen molar-refractivity contribution in [2.45, 2.75) is 79.1 Å². The van der Waals surface area contributed by atoms with E-state index < -0.39 is 0 Å². The van der Waals surface area contributed by atoms with Crippen LogP contribution in [0.25, 0.3) is 11.0 Å². The number of fused-ring (bicyclic) bond motifs is 1. The number of unbranched alkanes of at least 4 members (excludes halogenated alkanes) is 4. The van der Waals surface area contributed by atoms with Gasteiger partial charge in [0.1, 0.15) is 5.82 Å². The van der Waals surface area contributed by atoms with Crippen molar-refractivity contribution < 1.29 is 1.43 Å². The van der Waals surface area contributed by atoms with Crippen molar-refractivity contribution in [1.82, 2.24) is 9.97 Å². The molecule has 2 nitrogen and oxygen atoms in total. The van der Waals surface area contributed by atoms with Crippen LogP contribution in [0.3, 0.4) is 0 Å². The van der Waals surface area contributed by atoms with Gasteiger partial charge in [0.25, 0.3) is 0 Å². The van der Waals surface area contributed by atoms with Crippen molar-refractivity contribution in [3.63, 3.8) is 0 Å². The summed E-state index contributed by atoms with van der Waals surface area (Å²) in [6.45, 7) is 11.0. The Hall–Kier alpha value is -1.31. The van der Waals surface area contributed by atoms with E-state index >= 15 is 0 Å². The smallest absolute Gasteiger partial charge is 0.109 e. The number of nitrogens with one attached hydrogen (secondary N) is 1. The summed E-state index contributed by atoms with van der Waals surface area (Å²) in [5.74, 6) is 1.54. The van der Waals surface area contributed by atoms with E-state index in [0.29, 0.717) is 5.92 Å². The molecule has 0 aliphatic heterocycles. The lowest BCUT2D eigenvalue weighted by molar-refractivity contribution is 0.656. The molecule has 2 aromatic rings. The summed E-state index contributed by atoms with van der Waals surface area (Å²) in [6.07, 6.45) is 8.08. The quantitative estimate of drug-likeness (QED) is 0.607. The molecule has 120 valence electrons. The Morgan fingerprint density at radius 1 is 1.05 bits per heavy atom. The summed E-state index contributed by atoms with van der Waals surface area (Å²) >= 11 is 0. The number of aryl methyl sites for hydroxylation is 1. The number of benzene rings is 1. The molecule has 1 heterocycles. The van der Waals surface area contributed by atoms with Crippen molar-refractivity contribution in [2.24, 2.45) is 0 Å². The molecule has 0 aliphatic carbocycles. The standard InChI is InChI=1S/C12H16N2.C7H16.H2/c1-4-9-5-6-10-11(7-9)14-12(13-10)8(2)3;1-3-5-7-6-4-2;/h5-8H,4H2,1-3H3,(H,13,14);3-7H2,1-2H3;1H. The largest absolute Gasteiger partial charge is 0.342 e. The van der Waals surface area contributed by atoms with Crippen LogP contribution in [0, 0.1) is 0 Å². The topological polar surface area (TPSA) is 28.7 Å². The SMILES string of the molecule is CCCCCCC.CCc1ccc2nc(C(C)C)[nH]c2c1.[HH]. The van der Waals surface area contributed by atoms with Gasteiger partial charge in [-0.2, -0.15) is 0 Å². The zero-order valence-corrected chi connectivity index (χ0v) is 14.5. The molecule has 21 heavy (non-hydrogen) atoms. The molecule has 0 saturated carbocycles. The normalized spacial score (nSPS) is 10.8. The van der Waals surface area contributed by atoms with Crippen LogP contribution in [0.2, 0.25) is 0 Å². The third kappa shape index (κ3) is 5.91. The number of nitrogens with zero attached hydrogens (tertiary/aromatic N) is 1. The van der Waals surface area contributed by atoms with Gasteiger partial charge >= 0.3 is 0 Å². The number of hydrogen-bond acceptors (Lipinski definition) is 1. The summed E-state index contributed by atoms with van der Waals surface area (Å²) < 4.78 is 0. The van der Waals surface area contributed by atoms with Crippen molar-refractivity contribution in [3.05, 3.63) is 29.6 Å². The van der Waals surface area contributed by atoms with Gasteiger partial charge in [0.05, 0.1) is 11.0 Å². The van der Waals surface area contributed by atoms with Gasteiger partial charge in [0.15, 0.2) is 0 Å². The zero-order chi connectivity index (χ0) is 15.7. The average Bonchev–Trinajstić information content (AvgIpc) is 2.91. The molecule has 0 saturated heterocycles. The molecule has 0 amide bonds. The fourth-order valence-electron chi connectivity index (χ4n) is 2.25. The molecule has 1 aromatic heterocycles. The number of H-pyrrole nitrogens is 1. The van der Waals surface area contributed by atoms with E-state index in [9.17, 15) is 0 Å². The Labute approximate surface area is 131 Å². The fraction of sp³-hybridized carbons (Fsp3) is 0.632. The maximum atomic E-state index is 4.53. The molecule has 0 unspecified atom stereocenters. The number of aromatic amines is 1. The molecule has 1 N–H and O–H groups in total. The van der Waals surface area contributed by atoms with Crippen molar-refractivity contribution in [2.75, 3.05) is 0 Å². The van der Waals surface area contributed by atoms with Gasteiger partial charge < -0.3 is 4.98 Å². The Morgan fingerprint density at radius 2 is 1.71 bits per heavy atom. The van der Waals surface area contributed by atoms with Gasteiger partial charge in [0.2, 0.25) is 0 Å². The van der Waals surface area contributed by atoms with E-state index in [-0.39, 0.29) is 1.43 Å². The first-order valence-corrected chi connectivity index (χ1v) is 8.60. The molecule has 2 rings (SSSR count). The van der Waals surface area contributed by atoms with Gasteiger partial charge in [0, 0.05) is 7.34 Å². The van der Waals surface area contributed by atoms with Gasteiger partial charge in [-0.25, -0.2) is 4.98 Å². The lowest BCUT2D eigenvalue weighted by Gasteiger charge is -1.96. The first-order chi connectivity index (χ1) is 10.1. The van der Waals surface area contributed by atoms with E-state index in [0.717, 1.165) is 23.3 Å². The Bertz CT molecular complexity index is 513. The number of hydrogen-bond donors (Lipinski definition) is 1. The lowest BCUT2D eigenvalue weighted by atomic mass is 10.1. The van der Waals surface area contributed by atoms with Crippen LogP contribution in [0.4, 0.5) is 0 Å². The minimum absolute atomic E-state index is 0. The second-order valence-corrected chi connectivity index (χ2v) is 6.04. The predicted octanol–water partition coefficient (Wildman–Crippen LogP) is 6.47. The Kier molecular flexibility index (Phi) is 8.11. The van der Waals surface area contributed by atoms with E-state index in [1.807, 2.05) is 0 Å². The third-order valence-electron chi connectivity index (χ3n) is 3.73. The van der Waals surface area contributed by atoms with Crippen molar-refractivity contribution in [3.8, 4) is 0 Å². The van der Waals surface area contributed by atoms with Crippen LogP contribution < -0.4 is 0 Å². The molecular formula is C19H34N2. The second kappa shape index (κ2) is 9.59. The molecular weight excluding hydrogens is 256 g/mol. The third-order valence-corrected chi connectivity index (χ3v) is 3.73. The van der Waals surface area contributed by atoms with E-state index in [2.05, 4.69) is 62.8 Å². The van der Waals surface area contributed by atoms with Gasteiger partial charge in [-0.1, -0.05) is 72.8 Å². The van der Waals surface area contributed by atoms with Crippen LogP contribution >= 0.6 is 0 Å². The van der Waals surface area contributed by atoms with Crippen LogP contribution in [0.5, 0.6) is 0 Å². The highest BCUT2D eigenvalue weighted by molar-refractivity contribution is 5.75. The molecule has 0 spiro atoms. The Balaban J connectivity index is 0.000000478. The van der Waals surface area contributed by atoms with Crippen LogP contribution in [-0.2, 0) is 6.42 Å². The summed E-state index contributed by atoms with van der Waals surface area (Å²) in [4.78, 5) is 7.89. The first kappa shape index (κ1) is 17.7. The maximum Gasteiger partial charge on any atom is 0.109 e. The molecule has 2 heteroatoms. The lowest BCUT2D eigenvalue weighted by Crippen LogP contribution is -1.88. The monoisotopic (exact) mass is 290 g/mol. The van der Waals surface area contributed by atoms with Gasteiger partial charge in [-0.3, -0.25) is 0 Å². The van der Waals surface area contributed by atoms with Crippen LogP contribution in [0.1, 0.15) is 85.5 Å². The summed E-state index contributed by atoms with van der Waals surface area (Å²) in [6, 6.07) is 6.43.